The normalized spacial score (nSPS) is 39.7. The zero-order valence-electron chi connectivity index (χ0n) is 11.3. The average Bonchev–Trinajstić information content (AvgIpc) is 2.64. The summed E-state index contributed by atoms with van der Waals surface area (Å²) in [4.78, 5) is 2.60. The van der Waals surface area contributed by atoms with Crippen LogP contribution in [0.5, 0.6) is 0 Å². The number of hydrogen-bond acceptors (Lipinski definition) is 4. The fourth-order valence-electron chi connectivity index (χ4n) is 3.01. The van der Waals surface area contributed by atoms with Crippen LogP contribution >= 0.6 is 11.8 Å². The van der Waals surface area contributed by atoms with Gasteiger partial charge in [0.15, 0.2) is 0 Å². The lowest BCUT2D eigenvalue weighted by Gasteiger charge is -2.35. The van der Waals surface area contributed by atoms with Crippen LogP contribution in [0.1, 0.15) is 26.7 Å². The van der Waals surface area contributed by atoms with Gasteiger partial charge in [0.2, 0.25) is 0 Å². The first kappa shape index (κ1) is 13.7. The fraction of sp³-hybridized carbons (Fsp3) is 1.00. The van der Waals surface area contributed by atoms with E-state index in [9.17, 15) is 0 Å². The summed E-state index contributed by atoms with van der Waals surface area (Å²) in [6, 6.07) is 0. The number of nitrogens with zero attached hydrogens (tertiary/aromatic N) is 1. The second-order valence-corrected chi connectivity index (χ2v) is 7.37. The minimum absolute atomic E-state index is 0.444. The Balaban J connectivity index is 1.74. The lowest BCUT2D eigenvalue weighted by atomic mass is 10.2. The monoisotopic (exact) mass is 258 g/mol. The van der Waals surface area contributed by atoms with Gasteiger partial charge in [-0.2, -0.15) is 11.8 Å². The maximum atomic E-state index is 6.06. The van der Waals surface area contributed by atoms with Crippen molar-refractivity contribution in [2.75, 3.05) is 33.2 Å². The Morgan fingerprint density at radius 1 is 1.18 bits per heavy atom. The second-order valence-electron chi connectivity index (χ2n) is 5.49. The van der Waals surface area contributed by atoms with Crippen LogP contribution in [0.25, 0.3) is 0 Å². The first-order valence-corrected chi connectivity index (χ1v) is 7.79. The van der Waals surface area contributed by atoms with Crippen LogP contribution in [-0.4, -0.2) is 60.8 Å². The Labute approximate surface area is 110 Å². The molecule has 2 aliphatic rings. The summed E-state index contributed by atoms with van der Waals surface area (Å²) in [5.41, 5.74) is 0. The Kier molecular flexibility index (Phi) is 5.15. The standard InChI is InChI=1S/C13H26N2OS/c1-10-7-15(8-11(2)17-10)9-13-5-4-12(16-13)6-14-3/h10-14H,4-9H2,1-3H3. The van der Waals surface area contributed by atoms with E-state index >= 15 is 0 Å². The molecular weight excluding hydrogens is 232 g/mol. The Bertz CT molecular complexity index is 229. The summed E-state index contributed by atoms with van der Waals surface area (Å²) >= 11 is 2.12. The first-order valence-electron chi connectivity index (χ1n) is 6.85. The fourth-order valence-corrected chi connectivity index (χ4v) is 4.40. The molecule has 2 saturated heterocycles. The molecule has 4 unspecified atom stereocenters. The van der Waals surface area contributed by atoms with E-state index in [2.05, 4.69) is 35.8 Å². The summed E-state index contributed by atoms with van der Waals surface area (Å²) in [5.74, 6) is 0. The average molecular weight is 258 g/mol. The van der Waals surface area contributed by atoms with Gasteiger partial charge >= 0.3 is 0 Å². The molecule has 0 radical (unpaired) electrons. The van der Waals surface area contributed by atoms with E-state index in [1.54, 1.807) is 0 Å². The molecule has 0 amide bonds. The predicted octanol–water partition coefficient (Wildman–Crippen LogP) is 1.58. The van der Waals surface area contributed by atoms with Crippen molar-refractivity contribution in [1.82, 2.24) is 10.2 Å². The van der Waals surface area contributed by atoms with Crippen LogP contribution in [0, 0.1) is 0 Å². The minimum Gasteiger partial charge on any atom is -0.372 e. The van der Waals surface area contributed by atoms with Crippen molar-refractivity contribution >= 4 is 11.8 Å². The molecule has 2 rings (SSSR count). The molecule has 4 heteroatoms. The summed E-state index contributed by atoms with van der Waals surface area (Å²) in [5, 5.41) is 4.75. The third-order valence-electron chi connectivity index (χ3n) is 3.58. The van der Waals surface area contributed by atoms with Crippen molar-refractivity contribution in [3.05, 3.63) is 0 Å². The highest BCUT2D eigenvalue weighted by Crippen LogP contribution is 2.27. The minimum atomic E-state index is 0.444. The lowest BCUT2D eigenvalue weighted by Crippen LogP contribution is -2.44. The van der Waals surface area contributed by atoms with Crippen LogP contribution in [0.4, 0.5) is 0 Å². The number of rotatable bonds is 4. The van der Waals surface area contributed by atoms with Gasteiger partial charge in [0, 0.05) is 36.7 Å². The van der Waals surface area contributed by atoms with Crippen molar-refractivity contribution in [3.63, 3.8) is 0 Å². The Morgan fingerprint density at radius 3 is 2.47 bits per heavy atom. The van der Waals surface area contributed by atoms with Gasteiger partial charge in [-0.15, -0.1) is 0 Å². The van der Waals surface area contributed by atoms with E-state index < -0.39 is 0 Å². The summed E-state index contributed by atoms with van der Waals surface area (Å²) in [7, 11) is 2.00. The smallest absolute Gasteiger partial charge is 0.0707 e. The van der Waals surface area contributed by atoms with Crippen LogP contribution in [0.15, 0.2) is 0 Å². The molecule has 0 spiro atoms. The number of nitrogens with one attached hydrogen (secondary N) is 1. The highest BCUT2D eigenvalue weighted by Gasteiger charge is 2.29. The van der Waals surface area contributed by atoms with Crippen molar-refractivity contribution in [2.45, 2.75) is 49.4 Å². The van der Waals surface area contributed by atoms with Gasteiger partial charge in [0.25, 0.3) is 0 Å². The van der Waals surface area contributed by atoms with Gasteiger partial charge < -0.3 is 10.1 Å². The maximum Gasteiger partial charge on any atom is 0.0707 e. The third-order valence-corrected chi connectivity index (χ3v) is 4.81. The van der Waals surface area contributed by atoms with E-state index in [4.69, 9.17) is 4.74 Å². The van der Waals surface area contributed by atoms with Gasteiger partial charge in [0.1, 0.15) is 0 Å². The number of likely N-dealkylation sites (N-methyl/N-ethyl adjacent to an activating group) is 1. The quantitative estimate of drug-likeness (QED) is 0.827. The van der Waals surface area contributed by atoms with Gasteiger partial charge in [-0.25, -0.2) is 0 Å². The van der Waals surface area contributed by atoms with E-state index in [0.29, 0.717) is 12.2 Å². The molecule has 0 aliphatic carbocycles. The van der Waals surface area contributed by atoms with Crippen molar-refractivity contribution in [2.24, 2.45) is 0 Å². The first-order chi connectivity index (χ1) is 8.17. The largest absolute Gasteiger partial charge is 0.372 e. The molecule has 100 valence electrons. The highest BCUT2D eigenvalue weighted by atomic mass is 32.2. The van der Waals surface area contributed by atoms with Gasteiger partial charge in [-0.05, 0) is 19.9 Å². The predicted molar refractivity (Wildman–Crippen MR) is 74.8 cm³/mol. The maximum absolute atomic E-state index is 6.06. The lowest BCUT2D eigenvalue weighted by molar-refractivity contribution is 0.0239. The molecule has 2 fully saturated rings. The van der Waals surface area contributed by atoms with E-state index in [1.165, 1.54) is 25.9 Å². The molecule has 0 aromatic rings. The molecule has 4 atom stereocenters. The molecule has 17 heavy (non-hydrogen) atoms. The SMILES string of the molecule is CNCC1CCC(CN2CC(C)SC(C)C2)O1. The van der Waals surface area contributed by atoms with Gasteiger partial charge in [0.05, 0.1) is 12.2 Å². The van der Waals surface area contributed by atoms with Crippen molar-refractivity contribution < 1.29 is 4.74 Å². The summed E-state index contributed by atoms with van der Waals surface area (Å²) in [6.45, 7) is 9.27. The van der Waals surface area contributed by atoms with Crippen molar-refractivity contribution in [3.8, 4) is 0 Å². The van der Waals surface area contributed by atoms with E-state index in [0.717, 1.165) is 23.6 Å². The molecule has 2 aliphatic heterocycles. The molecular formula is C13H26N2OS. The molecule has 1 N–H and O–H groups in total. The van der Waals surface area contributed by atoms with Crippen molar-refractivity contribution in [1.29, 1.82) is 0 Å². The molecule has 0 aromatic heterocycles. The number of hydrogen-bond donors (Lipinski definition) is 1. The Hall–Kier alpha value is 0.230. The molecule has 2 heterocycles. The topological polar surface area (TPSA) is 24.5 Å². The van der Waals surface area contributed by atoms with E-state index in [-0.39, 0.29) is 0 Å². The van der Waals surface area contributed by atoms with Crippen LogP contribution < -0.4 is 5.32 Å². The third kappa shape index (κ3) is 4.12. The highest BCUT2D eigenvalue weighted by molar-refractivity contribution is 8.00. The zero-order chi connectivity index (χ0) is 12.3. The molecule has 3 nitrogen and oxygen atoms in total. The molecule has 0 bridgehead atoms. The summed E-state index contributed by atoms with van der Waals surface area (Å²) < 4.78 is 6.06. The molecule has 0 aromatic carbocycles. The van der Waals surface area contributed by atoms with Gasteiger partial charge in [-0.1, -0.05) is 13.8 Å². The molecule has 0 saturated carbocycles. The summed E-state index contributed by atoms with van der Waals surface area (Å²) in [6.07, 6.45) is 3.37. The zero-order valence-corrected chi connectivity index (χ0v) is 12.1. The van der Waals surface area contributed by atoms with Crippen LogP contribution in [0.2, 0.25) is 0 Å². The number of thioether (sulfide) groups is 1. The van der Waals surface area contributed by atoms with Crippen LogP contribution in [0.3, 0.4) is 0 Å². The number of ether oxygens (including phenoxy) is 1. The van der Waals surface area contributed by atoms with E-state index in [1.807, 2.05) is 7.05 Å². The van der Waals surface area contributed by atoms with Gasteiger partial charge in [-0.3, -0.25) is 4.90 Å². The van der Waals surface area contributed by atoms with Crippen LogP contribution in [-0.2, 0) is 4.74 Å². The second kappa shape index (κ2) is 6.41. The Morgan fingerprint density at radius 2 is 1.82 bits per heavy atom.